The third-order valence-electron chi connectivity index (χ3n) is 2.83. The van der Waals surface area contributed by atoms with Crippen LogP contribution in [0.3, 0.4) is 0 Å². The number of thiophene rings is 1. The van der Waals surface area contributed by atoms with Crippen molar-refractivity contribution in [1.82, 2.24) is 10.3 Å². The van der Waals surface area contributed by atoms with E-state index in [-0.39, 0.29) is 0 Å². The molecule has 0 atom stereocenters. The molecule has 0 saturated carbocycles. The van der Waals surface area contributed by atoms with Gasteiger partial charge in [0.25, 0.3) is 0 Å². The molecular formula is C14H13ClN2S2. The van der Waals surface area contributed by atoms with E-state index in [1.807, 2.05) is 18.3 Å². The molecule has 1 N–H and O–H groups in total. The molecule has 3 aromatic rings. The first-order chi connectivity index (χ1) is 9.24. The molecule has 19 heavy (non-hydrogen) atoms. The van der Waals surface area contributed by atoms with Gasteiger partial charge in [-0.2, -0.15) is 0 Å². The van der Waals surface area contributed by atoms with Crippen LogP contribution in [0.15, 0.2) is 30.5 Å². The zero-order valence-corrected chi connectivity index (χ0v) is 12.8. The largest absolute Gasteiger partial charge is 0.305 e. The molecule has 3 rings (SSSR count). The Morgan fingerprint density at radius 1 is 1.21 bits per heavy atom. The number of hydrogen-bond donors (Lipinski definition) is 1. The number of nitrogens with one attached hydrogen (secondary N) is 1. The maximum atomic E-state index is 6.40. The molecule has 0 aliphatic carbocycles. The molecule has 2 nitrogen and oxygen atoms in total. The molecule has 2 aromatic heterocycles. The number of halogens is 1. The van der Waals surface area contributed by atoms with Crippen LogP contribution in [0.1, 0.15) is 14.8 Å². The van der Waals surface area contributed by atoms with E-state index in [0.29, 0.717) is 0 Å². The van der Waals surface area contributed by atoms with Crippen molar-refractivity contribution in [3.63, 3.8) is 0 Å². The van der Waals surface area contributed by atoms with Gasteiger partial charge in [0.1, 0.15) is 5.01 Å². The minimum Gasteiger partial charge on any atom is -0.305 e. The highest BCUT2D eigenvalue weighted by Crippen LogP contribution is 2.34. The summed E-state index contributed by atoms with van der Waals surface area (Å²) in [6.45, 7) is 3.66. The lowest BCUT2D eigenvalue weighted by Crippen LogP contribution is -2.11. The molecule has 0 radical (unpaired) electrons. The molecule has 1 aromatic carbocycles. The Morgan fingerprint density at radius 3 is 2.79 bits per heavy atom. The fraction of sp³-hybridized carbons (Fsp3) is 0.214. The second-order valence-electron chi connectivity index (χ2n) is 4.30. The summed E-state index contributed by atoms with van der Waals surface area (Å²) >= 11 is 9.88. The molecule has 0 bridgehead atoms. The van der Waals surface area contributed by atoms with Crippen molar-refractivity contribution in [3.8, 4) is 0 Å². The van der Waals surface area contributed by atoms with Gasteiger partial charge in [-0.15, -0.1) is 22.7 Å². The van der Waals surface area contributed by atoms with Crippen LogP contribution in [0.5, 0.6) is 0 Å². The summed E-state index contributed by atoms with van der Waals surface area (Å²) in [6.07, 6.45) is 1.91. The van der Waals surface area contributed by atoms with E-state index >= 15 is 0 Å². The number of aryl methyl sites for hydroxylation is 1. The van der Waals surface area contributed by atoms with Gasteiger partial charge < -0.3 is 5.32 Å². The Bertz CT molecular complexity index is 702. The van der Waals surface area contributed by atoms with Crippen molar-refractivity contribution in [2.24, 2.45) is 0 Å². The van der Waals surface area contributed by atoms with Crippen LogP contribution in [-0.2, 0) is 13.1 Å². The van der Waals surface area contributed by atoms with Gasteiger partial charge in [-0.05, 0) is 13.0 Å². The maximum Gasteiger partial charge on any atom is 0.107 e. The van der Waals surface area contributed by atoms with Crippen LogP contribution in [0.25, 0.3) is 10.1 Å². The molecule has 0 fully saturated rings. The second-order valence-corrected chi connectivity index (χ2v) is 7.14. The average Bonchev–Trinajstić information content (AvgIpc) is 2.96. The number of benzene rings is 1. The number of nitrogens with zero attached hydrogens (tertiary/aromatic N) is 1. The summed E-state index contributed by atoms with van der Waals surface area (Å²) in [5.74, 6) is 0. The first-order valence-electron chi connectivity index (χ1n) is 6.02. The third kappa shape index (κ3) is 2.82. The Morgan fingerprint density at radius 2 is 2.05 bits per heavy atom. The van der Waals surface area contributed by atoms with Crippen LogP contribution >= 0.6 is 34.3 Å². The summed E-state index contributed by atoms with van der Waals surface area (Å²) in [7, 11) is 0. The predicted octanol–water partition coefficient (Wildman–Crippen LogP) is 4.61. The summed E-state index contributed by atoms with van der Waals surface area (Å²) < 4.78 is 1.24. The number of fused-ring (bicyclic) bond motifs is 1. The zero-order valence-electron chi connectivity index (χ0n) is 10.4. The van der Waals surface area contributed by atoms with Crippen molar-refractivity contribution >= 4 is 44.4 Å². The molecule has 0 amide bonds. The lowest BCUT2D eigenvalue weighted by Gasteiger charge is -2.00. The Hall–Kier alpha value is -0.940. The minimum atomic E-state index is 0.788. The van der Waals surface area contributed by atoms with Crippen LogP contribution in [-0.4, -0.2) is 4.98 Å². The van der Waals surface area contributed by atoms with Crippen LogP contribution in [0, 0.1) is 6.92 Å². The SMILES string of the molecule is Cc1cnc(CNCc2sc3ccccc3c2Cl)s1. The third-order valence-corrected chi connectivity index (χ3v) is 5.46. The number of aromatic nitrogens is 1. The van der Waals surface area contributed by atoms with Crippen molar-refractivity contribution in [2.75, 3.05) is 0 Å². The molecule has 0 aliphatic heterocycles. The summed E-state index contributed by atoms with van der Waals surface area (Å²) in [6, 6.07) is 8.25. The maximum absolute atomic E-state index is 6.40. The highest BCUT2D eigenvalue weighted by molar-refractivity contribution is 7.19. The van der Waals surface area contributed by atoms with E-state index in [2.05, 4.69) is 29.4 Å². The van der Waals surface area contributed by atoms with Crippen LogP contribution < -0.4 is 5.32 Å². The smallest absolute Gasteiger partial charge is 0.107 e. The zero-order chi connectivity index (χ0) is 13.2. The van der Waals surface area contributed by atoms with Crippen molar-refractivity contribution < 1.29 is 0 Å². The van der Waals surface area contributed by atoms with Crippen molar-refractivity contribution in [1.29, 1.82) is 0 Å². The molecule has 2 heterocycles. The summed E-state index contributed by atoms with van der Waals surface area (Å²) in [5, 5.41) is 6.55. The fourth-order valence-corrected chi connectivity index (χ4v) is 4.17. The van der Waals surface area contributed by atoms with Gasteiger partial charge in [0.15, 0.2) is 0 Å². The van der Waals surface area contributed by atoms with Crippen LogP contribution in [0.4, 0.5) is 0 Å². The predicted molar refractivity (Wildman–Crippen MR) is 84.2 cm³/mol. The average molecular weight is 309 g/mol. The quantitative estimate of drug-likeness (QED) is 0.761. The van der Waals surface area contributed by atoms with E-state index < -0.39 is 0 Å². The molecule has 98 valence electrons. The summed E-state index contributed by atoms with van der Waals surface area (Å²) in [5.41, 5.74) is 0. The summed E-state index contributed by atoms with van der Waals surface area (Å²) in [4.78, 5) is 6.78. The number of thiazole rings is 1. The second kappa shape index (κ2) is 5.59. The highest BCUT2D eigenvalue weighted by atomic mass is 35.5. The van der Waals surface area contributed by atoms with Crippen molar-refractivity contribution in [3.05, 3.63) is 50.2 Å². The van der Waals surface area contributed by atoms with Crippen LogP contribution in [0.2, 0.25) is 5.02 Å². The molecule has 0 spiro atoms. The van der Waals surface area contributed by atoms with Gasteiger partial charge in [-0.1, -0.05) is 29.8 Å². The lowest BCUT2D eigenvalue weighted by molar-refractivity contribution is 0.697. The molecule has 0 aliphatic rings. The first-order valence-corrected chi connectivity index (χ1v) is 8.03. The van der Waals surface area contributed by atoms with Gasteiger partial charge >= 0.3 is 0 Å². The van der Waals surface area contributed by atoms with E-state index in [0.717, 1.165) is 28.5 Å². The number of rotatable bonds is 4. The monoisotopic (exact) mass is 308 g/mol. The van der Waals surface area contributed by atoms with E-state index in [4.69, 9.17) is 11.6 Å². The lowest BCUT2D eigenvalue weighted by atomic mass is 10.2. The number of hydrogen-bond acceptors (Lipinski definition) is 4. The van der Waals surface area contributed by atoms with Gasteiger partial charge in [0.2, 0.25) is 0 Å². The minimum absolute atomic E-state index is 0.788. The molecule has 0 unspecified atom stereocenters. The first kappa shape index (κ1) is 13.1. The Labute approximate surface area is 125 Å². The van der Waals surface area contributed by atoms with Crippen molar-refractivity contribution in [2.45, 2.75) is 20.0 Å². The molecule has 5 heteroatoms. The van der Waals surface area contributed by atoms with Gasteiger partial charge in [0.05, 0.1) is 5.02 Å². The Kier molecular flexibility index (Phi) is 3.84. The normalized spacial score (nSPS) is 11.3. The van der Waals surface area contributed by atoms with E-state index in [1.54, 1.807) is 22.7 Å². The highest BCUT2D eigenvalue weighted by Gasteiger charge is 2.09. The van der Waals surface area contributed by atoms with E-state index in [1.165, 1.54) is 14.5 Å². The van der Waals surface area contributed by atoms with Gasteiger partial charge in [-0.25, -0.2) is 4.98 Å². The Balaban J connectivity index is 1.70. The van der Waals surface area contributed by atoms with E-state index in [9.17, 15) is 0 Å². The van der Waals surface area contributed by atoms with Gasteiger partial charge in [0, 0.05) is 39.1 Å². The fourth-order valence-electron chi connectivity index (χ4n) is 1.94. The molecule has 0 saturated heterocycles. The topological polar surface area (TPSA) is 24.9 Å². The molecular weight excluding hydrogens is 296 g/mol. The van der Waals surface area contributed by atoms with Gasteiger partial charge in [-0.3, -0.25) is 0 Å². The standard InChI is InChI=1S/C14H13ClN2S2/c1-9-6-17-13(18-9)8-16-7-12-14(15)10-4-2-3-5-11(10)19-12/h2-6,16H,7-8H2,1H3.